The first kappa shape index (κ1) is 27.6. The summed E-state index contributed by atoms with van der Waals surface area (Å²) in [5.41, 5.74) is 5.00. The largest absolute Gasteiger partial charge is 0.494 e. The van der Waals surface area contributed by atoms with Crippen molar-refractivity contribution in [2.45, 2.75) is 27.3 Å². The van der Waals surface area contributed by atoms with Gasteiger partial charge in [0.2, 0.25) is 0 Å². The zero-order chi connectivity index (χ0) is 29.1. The van der Waals surface area contributed by atoms with E-state index in [1.54, 1.807) is 41.9 Å². The van der Waals surface area contributed by atoms with Crippen LogP contribution in [0.25, 0.3) is 23.0 Å². The lowest BCUT2D eigenvalue weighted by molar-refractivity contribution is -0.141. The van der Waals surface area contributed by atoms with Crippen molar-refractivity contribution in [3.8, 4) is 28.8 Å². The van der Waals surface area contributed by atoms with E-state index in [9.17, 15) is 14.9 Å². The summed E-state index contributed by atoms with van der Waals surface area (Å²) in [5.74, 6) is -0.366. The van der Waals surface area contributed by atoms with Crippen molar-refractivity contribution in [3.05, 3.63) is 117 Å². The first-order valence-electron chi connectivity index (χ1n) is 13.1. The molecule has 0 aliphatic carbocycles. The fourth-order valence-electron chi connectivity index (χ4n) is 4.77. The number of nitriles is 1. The van der Waals surface area contributed by atoms with Crippen molar-refractivity contribution in [2.24, 2.45) is 0 Å². The average Bonchev–Trinajstić information content (AvgIpc) is 3.40. The van der Waals surface area contributed by atoms with Gasteiger partial charge >= 0.3 is 0 Å². The highest BCUT2D eigenvalue weighted by Crippen LogP contribution is 2.33. The maximum absolute atomic E-state index is 13.8. The summed E-state index contributed by atoms with van der Waals surface area (Å²) in [6, 6.07) is 24.5. The standard InChI is InChI=1S/C33H27ClN4O3/c1-4-41-30-15-14-23(16-21(30)2)31-25(20-38(36-31)26-11-6-5-7-12-26)17-27-22(3)28(18-35)33(40)37(32(27)39)19-24-10-8-9-13-29(24)34/h5-17,20H,4,19H2,1-3H3/b27-17+. The van der Waals surface area contributed by atoms with Gasteiger partial charge in [-0.15, -0.1) is 0 Å². The number of amides is 2. The van der Waals surface area contributed by atoms with Crippen LogP contribution in [0, 0.1) is 18.3 Å². The Labute approximate surface area is 243 Å². The molecule has 0 atom stereocenters. The van der Waals surface area contributed by atoms with Gasteiger partial charge in [0.15, 0.2) is 0 Å². The number of benzene rings is 3. The molecule has 0 radical (unpaired) electrons. The second-order valence-electron chi connectivity index (χ2n) is 9.58. The lowest BCUT2D eigenvalue weighted by atomic mass is 9.93. The van der Waals surface area contributed by atoms with Crippen LogP contribution >= 0.6 is 11.6 Å². The topological polar surface area (TPSA) is 88.2 Å². The Morgan fingerprint density at radius 1 is 1.00 bits per heavy atom. The Morgan fingerprint density at radius 2 is 1.73 bits per heavy atom. The van der Waals surface area contributed by atoms with Crippen LogP contribution in [0.1, 0.15) is 30.5 Å². The first-order valence-corrected chi connectivity index (χ1v) is 13.5. The average molecular weight is 563 g/mol. The molecule has 0 N–H and O–H groups in total. The van der Waals surface area contributed by atoms with Gasteiger partial charge in [0, 0.05) is 27.9 Å². The number of carbonyl (C=O) groups excluding carboxylic acids is 2. The Morgan fingerprint density at radius 3 is 2.41 bits per heavy atom. The van der Waals surface area contributed by atoms with Crippen LogP contribution in [0.5, 0.6) is 5.75 Å². The summed E-state index contributed by atoms with van der Waals surface area (Å²) < 4.78 is 7.47. The third kappa shape index (κ3) is 5.43. The number of aryl methyl sites for hydroxylation is 1. The predicted molar refractivity (Wildman–Crippen MR) is 158 cm³/mol. The summed E-state index contributed by atoms with van der Waals surface area (Å²) in [6.45, 7) is 6.02. The van der Waals surface area contributed by atoms with Gasteiger partial charge < -0.3 is 4.74 Å². The van der Waals surface area contributed by atoms with Crippen molar-refractivity contribution in [3.63, 3.8) is 0 Å². The van der Waals surface area contributed by atoms with E-state index in [4.69, 9.17) is 21.4 Å². The fraction of sp³-hybridized carbons (Fsp3) is 0.152. The molecule has 0 saturated carbocycles. The summed E-state index contributed by atoms with van der Waals surface area (Å²) in [4.78, 5) is 28.1. The SMILES string of the molecule is CCOc1ccc(-c2nn(-c3ccccc3)cc2/C=C2/C(=O)N(Cc3ccccc3Cl)C(=O)C(C#N)=C2C)cc1C. The van der Waals surface area contributed by atoms with Crippen LogP contribution in [0.15, 0.2) is 95.7 Å². The zero-order valence-electron chi connectivity index (χ0n) is 22.9. The quantitative estimate of drug-likeness (QED) is 0.185. The zero-order valence-corrected chi connectivity index (χ0v) is 23.6. The Kier molecular flexibility index (Phi) is 7.86. The van der Waals surface area contributed by atoms with Crippen LogP contribution in [0.2, 0.25) is 5.02 Å². The van der Waals surface area contributed by atoms with Gasteiger partial charge in [-0.1, -0.05) is 48.0 Å². The van der Waals surface area contributed by atoms with Crippen molar-refractivity contribution >= 4 is 29.5 Å². The third-order valence-electron chi connectivity index (χ3n) is 6.92. The number of ether oxygens (including phenoxy) is 1. The molecule has 1 aromatic heterocycles. The first-order chi connectivity index (χ1) is 19.8. The molecule has 0 bridgehead atoms. The molecule has 0 fully saturated rings. The molecule has 0 saturated heterocycles. The molecule has 41 heavy (non-hydrogen) atoms. The van der Waals surface area contributed by atoms with E-state index >= 15 is 0 Å². The van der Waals surface area contributed by atoms with E-state index in [2.05, 4.69) is 0 Å². The smallest absolute Gasteiger partial charge is 0.271 e. The second kappa shape index (κ2) is 11.7. The van der Waals surface area contributed by atoms with Crippen LogP contribution in [0.3, 0.4) is 0 Å². The molecular weight excluding hydrogens is 536 g/mol. The van der Waals surface area contributed by atoms with Gasteiger partial charge in [0.1, 0.15) is 17.4 Å². The fourth-order valence-corrected chi connectivity index (χ4v) is 4.97. The molecule has 4 aromatic rings. The Hall–Kier alpha value is -4.93. The maximum atomic E-state index is 13.8. The molecule has 8 heteroatoms. The van der Waals surface area contributed by atoms with Crippen molar-refractivity contribution in [1.82, 2.24) is 14.7 Å². The molecule has 2 heterocycles. The monoisotopic (exact) mass is 562 g/mol. The number of para-hydroxylation sites is 1. The number of carbonyl (C=O) groups is 2. The molecule has 1 aliphatic rings. The predicted octanol–water partition coefficient (Wildman–Crippen LogP) is 6.69. The molecular formula is C33H27ClN4O3. The molecule has 5 rings (SSSR count). The summed E-state index contributed by atoms with van der Waals surface area (Å²) >= 11 is 6.34. The summed E-state index contributed by atoms with van der Waals surface area (Å²) in [7, 11) is 0. The van der Waals surface area contributed by atoms with Crippen molar-refractivity contribution < 1.29 is 14.3 Å². The minimum atomic E-state index is -0.644. The van der Waals surface area contributed by atoms with Gasteiger partial charge in [0.25, 0.3) is 11.8 Å². The lowest BCUT2D eigenvalue weighted by Crippen LogP contribution is -2.42. The molecule has 0 spiro atoms. The lowest BCUT2D eigenvalue weighted by Gasteiger charge is -2.27. The van der Waals surface area contributed by atoms with Gasteiger partial charge in [-0.2, -0.15) is 10.4 Å². The number of nitrogens with zero attached hydrogens (tertiary/aromatic N) is 4. The number of imide groups is 1. The number of aromatic nitrogens is 2. The molecule has 2 amide bonds. The third-order valence-corrected chi connectivity index (χ3v) is 7.29. The normalized spacial score (nSPS) is 14.5. The van der Waals surface area contributed by atoms with Crippen LogP contribution in [0.4, 0.5) is 0 Å². The molecule has 1 aliphatic heterocycles. The van der Waals surface area contributed by atoms with Gasteiger partial charge in [-0.05, 0) is 79.9 Å². The summed E-state index contributed by atoms with van der Waals surface area (Å²) in [5, 5.41) is 15.2. The molecule has 7 nitrogen and oxygen atoms in total. The van der Waals surface area contributed by atoms with Crippen molar-refractivity contribution in [1.29, 1.82) is 5.26 Å². The number of halogens is 1. The number of rotatable bonds is 7. The van der Waals surface area contributed by atoms with Gasteiger partial charge in [-0.25, -0.2) is 4.68 Å². The van der Waals surface area contributed by atoms with E-state index in [1.807, 2.05) is 74.6 Å². The highest BCUT2D eigenvalue weighted by molar-refractivity contribution is 6.31. The molecule has 0 unspecified atom stereocenters. The van der Waals surface area contributed by atoms with Crippen LogP contribution in [-0.4, -0.2) is 33.1 Å². The molecule has 204 valence electrons. The van der Waals surface area contributed by atoms with Crippen molar-refractivity contribution in [2.75, 3.05) is 6.61 Å². The van der Waals surface area contributed by atoms with Gasteiger partial charge in [-0.3, -0.25) is 14.5 Å². The van der Waals surface area contributed by atoms with Crippen LogP contribution in [-0.2, 0) is 16.1 Å². The Bertz CT molecular complexity index is 1760. The number of hydrogen-bond donors (Lipinski definition) is 0. The van der Waals surface area contributed by atoms with Gasteiger partial charge in [0.05, 0.1) is 24.5 Å². The van der Waals surface area contributed by atoms with E-state index in [0.717, 1.165) is 27.5 Å². The highest BCUT2D eigenvalue weighted by atomic mass is 35.5. The number of hydrogen-bond acceptors (Lipinski definition) is 5. The van der Waals surface area contributed by atoms with E-state index in [0.29, 0.717) is 34.0 Å². The minimum Gasteiger partial charge on any atom is -0.494 e. The Balaban J connectivity index is 1.66. The minimum absolute atomic E-state index is 0.0542. The molecule has 3 aromatic carbocycles. The second-order valence-corrected chi connectivity index (χ2v) is 9.99. The maximum Gasteiger partial charge on any atom is 0.271 e. The van der Waals surface area contributed by atoms with E-state index in [-0.39, 0.29) is 17.7 Å². The van der Waals surface area contributed by atoms with Crippen LogP contribution < -0.4 is 4.74 Å². The highest BCUT2D eigenvalue weighted by Gasteiger charge is 2.36. The van der Waals surface area contributed by atoms with E-state index in [1.165, 1.54) is 0 Å². The summed E-state index contributed by atoms with van der Waals surface area (Å²) in [6.07, 6.45) is 3.54. The van der Waals surface area contributed by atoms with E-state index < -0.39 is 11.8 Å².